The Labute approximate surface area is 111 Å². The zero-order valence-electron chi connectivity index (χ0n) is 11.9. The van der Waals surface area contributed by atoms with Crippen molar-refractivity contribution in [2.45, 2.75) is 52.2 Å². The van der Waals surface area contributed by atoms with E-state index in [1.165, 1.54) is 11.1 Å². The van der Waals surface area contributed by atoms with Gasteiger partial charge in [0.25, 0.3) is 0 Å². The molecule has 2 unspecified atom stereocenters. The van der Waals surface area contributed by atoms with Gasteiger partial charge in [0.1, 0.15) is 0 Å². The van der Waals surface area contributed by atoms with Gasteiger partial charge in [0.05, 0.1) is 12.1 Å². The number of nitrogens with one attached hydrogen (secondary N) is 1. The van der Waals surface area contributed by atoms with Gasteiger partial charge < -0.3 is 4.74 Å². The van der Waals surface area contributed by atoms with Crippen molar-refractivity contribution >= 4 is 0 Å². The first-order chi connectivity index (χ1) is 8.63. The minimum absolute atomic E-state index is 0.0520. The van der Waals surface area contributed by atoms with Crippen molar-refractivity contribution in [3.8, 4) is 0 Å². The standard InChI is InChI=1S/C15H26N2O/c1-5-14(18-6-2)15(17-16)13-9-7-12(8-10-13)11(3)4/h7-11,14-15,17H,5-6,16H2,1-4H3. The minimum Gasteiger partial charge on any atom is -0.376 e. The highest BCUT2D eigenvalue weighted by molar-refractivity contribution is 5.27. The molecule has 1 aromatic carbocycles. The fourth-order valence-corrected chi connectivity index (χ4v) is 2.17. The molecule has 2 atom stereocenters. The molecule has 1 rings (SSSR count). The molecule has 0 bridgehead atoms. The Morgan fingerprint density at radius 1 is 1.11 bits per heavy atom. The zero-order chi connectivity index (χ0) is 13.5. The maximum Gasteiger partial charge on any atom is 0.0779 e. The van der Waals surface area contributed by atoms with Gasteiger partial charge in [-0.2, -0.15) is 0 Å². The Kier molecular flexibility index (Phi) is 6.33. The van der Waals surface area contributed by atoms with Crippen LogP contribution in [0.25, 0.3) is 0 Å². The molecule has 1 aromatic rings. The van der Waals surface area contributed by atoms with Gasteiger partial charge in [0.2, 0.25) is 0 Å². The molecule has 3 heteroatoms. The molecule has 0 saturated carbocycles. The lowest BCUT2D eigenvalue weighted by molar-refractivity contribution is 0.0314. The van der Waals surface area contributed by atoms with Crippen LogP contribution in [0.1, 0.15) is 57.2 Å². The van der Waals surface area contributed by atoms with Gasteiger partial charge in [-0.15, -0.1) is 0 Å². The molecule has 3 nitrogen and oxygen atoms in total. The van der Waals surface area contributed by atoms with Crippen molar-refractivity contribution in [3.05, 3.63) is 35.4 Å². The van der Waals surface area contributed by atoms with Gasteiger partial charge in [-0.3, -0.25) is 11.3 Å². The lowest BCUT2D eigenvalue weighted by atomic mass is 9.96. The number of hydrogen-bond acceptors (Lipinski definition) is 3. The van der Waals surface area contributed by atoms with E-state index in [1.807, 2.05) is 6.92 Å². The summed E-state index contributed by atoms with van der Waals surface area (Å²) in [6.07, 6.45) is 1.05. The summed E-state index contributed by atoms with van der Waals surface area (Å²) in [5.41, 5.74) is 5.41. The quantitative estimate of drug-likeness (QED) is 0.577. The van der Waals surface area contributed by atoms with Crippen molar-refractivity contribution in [2.75, 3.05) is 6.61 Å². The van der Waals surface area contributed by atoms with Gasteiger partial charge in [-0.05, 0) is 30.4 Å². The first kappa shape index (κ1) is 15.2. The van der Waals surface area contributed by atoms with Crippen LogP contribution in [0, 0.1) is 0 Å². The van der Waals surface area contributed by atoms with Gasteiger partial charge in [-0.25, -0.2) is 0 Å². The van der Waals surface area contributed by atoms with Crippen LogP contribution in [0.5, 0.6) is 0 Å². The van der Waals surface area contributed by atoms with Crippen LogP contribution < -0.4 is 11.3 Å². The van der Waals surface area contributed by atoms with Crippen LogP contribution in [-0.2, 0) is 4.74 Å². The van der Waals surface area contributed by atoms with Crippen molar-refractivity contribution in [2.24, 2.45) is 5.84 Å². The molecule has 0 amide bonds. The molecular weight excluding hydrogens is 224 g/mol. The largest absolute Gasteiger partial charge is 0.376 e. The maximum atomic E-state index is 5.73. The van der Waals surface area contributed by atoms with E-state index < -0.39 is 0 Å². The molecule has 0 aromatic heterocycles. The molecule has 102 valence electrons. The predicted octanol–water partition coefficient (Wildman–Crippen LogP) is 3.13. The van der Waals surface area contributed by atoms with E-state index in [0.29, 0.717) is 12.5 Å². The highest BCUT2D eigenvalue weighted by Crippen LogP contribution is 2.23. The van der Waals surface area contributed by atoms with Crippen LogP contribution in [-0.4, -0.2) is 12.7 Å². The van der Waals surface area contributed by atoms with Crippen molar-refractivity contribution in [1.29, 1.82) is 0 Å². The number of nitrogens with two attached hydrogens (primary N) is 1. The number of hydrazine groups is 1. The number of rotatable bonds is 7. The highest BCUT2D eigenvalue weighted by Gasteiger charge is 2.20. The molecule has 0 fully saturated rings. The molecule has 3 N–H and O–H groups in total. The molecule has 0 saturated heterocycles. The van der Waals surface area contributed by atoms with E-state index in [0.717, 1.165) is 6.42 Å². The molecular formula is C15H26N2O. The molecule has 0 spiro atoms. The SMILES string of the molecule is CCOC(CC)C(NN)c1ccc(C(C)C)cc1. The third-order valence-corrected chi connectivity index (χ3v) is 3.30. The lowest BCUT2D eigenvalue weighted by Gasteiger charge is -2.26. The summed E-state index contributed by atoms with van der Waals surface area (Å²) in [4.78, 5) is 0. The van der Waals surface area contributed by atoms with E-state index in [-0.39, 0.29) is 12.1 Å². The van der Waals surface area contributed by atoms with Gasteiger partial charge >= 0.3 is 0 Å². The first-order valence-electron chi connectivity index (χ1n) is 6.81. The van der Waals surface area contributed by atoms with E-state index in [9.17, 15) is 0 Å². The molecule has 18 heavy (non-hydrogen) atoms. The third-order valence-electron chi connectivity index (χ3n) is 3.30. The second-order valence-corrected chi connectivity index (χ2v) is 4.87. The van der Waals surface area contributed by atoms with Crippen molar-refractivity contribution in [3.63, 3.8) is 0 Å². The third kappa shape index (κ3) is 3.80. The Bertz CT molecular complexity index is 335. The predicted molar refractivity (Wildman–Crippen MR) is 76.3 cm³/mol. The Morgan fingerprint density at radius 2 is 1.67 bits per heavy atom. The lowest BCUT2D eigenvalue weighted by Crippen LogP contribution is -2.37. The maximum absolute atomic E-state index is 5.73. The fraction of sp³-hybridized carbons (Fsp3) is 0.600. The second-order valence-electron chi connectivity index (χ2n) is 4.87. The van der Waals surface area contributed by atoms with E-state index >= 15 is 0 Å². The molecule has 0 heterocycles. The van der Waals surface area contributed by atoms with Gasteiger partial charge in [-0.1, -0.05) is 45.0 Å². The van der Waals surface area contributed by atoms with Crippen LogP contribution in [0.15, 0.2) is 24.3 Å². The van der Waals surface area contributed by atoms with Crippen molar-refractivity contribution < 1.29 is 4.74 Å². The molecule has 0 aliphatic heterocycles. The fourth-order valence-electron chi connectivity index (χ4n) is 2.17. The van der Waals surface area contributed by atoms with E-state index in [4.69, 9.17) is 10.6 Å². The van der Waals surface area contributed by atoms with E-state index in [1.54, 1.807) is 0 Å². The van der Waals surface area contributed by atoms with Crippen LogP contribution in [0.2, 0.25) is 0 Å². The summed E-state index contributed by atoms with van der Waals surface area (Å²) < 4.78 is 5.73. The summed E-state index contributed by atoms with van der Waals surface area (Å²) >= 11 is 0. The van der Waals surface area contributed by atoms with Gasteiger partial charge in [0, 0.05) is 6.61 Å². The normalized spacial score (nSPS) is 14.8. The summed E-state index contributed by atoms with van der Waals surface area (Å²) in [5, 5.41) is 0. The number of ether oxygens (including phenoxy) is 1. The number of benzene rings is 1. The molecule has 0 aliphatic rings. The molecule has 0 aliphatic carbocycles. The topological polar surface area (TPSA) is 47.3 Å². The van der Waals surface area contributed by atoms with Crippen LogP contribution in [0.3, 0.4) is 0 Å². The summed E-state index contributed by atoms with van der Waals surface area (Å²) in [6.45, 7) is 9.23. The Balaban J connectivity index is 2.87. The second kappa shape index (κ2) is 7.52. The van der Waals surface area contributed by atoms with Crippen LogP contribution >= 0.6 is 0 Å². The summed E-state index contributed by atoms with van der Waals surface area (Å²) in [5.74, 6) is 6.23. The summed E-state index contributed by atoms with van der Waals surface area (Å²) in [7, 11) is 0. The van der Waals surface area contributed by atoms with E-state index in [2.05, 4.69) is 50.5 Å². The minimum atomic E-state index is 0.0520. The monoisotopic (exact) mass is 250 g/mol. The Hall–Kier alpha value is -0.900. The summed E-state index contributed by atoms with van der Waals surface area (Å²) in [6, 6.07) is 8.67. The van der Waals surface area contributed by atoms with Gasteiger partial charge in [0.15, 0.2) is 0 Å². The smallest absolute Gasteiger partial charge is 0.0779 e. The zero-order valence-corrected chi connectivity index (χ0v) is 11.9. The highest BCUT2D eigenvalue weighted by atomic mass is 16.5. The van der Waals surface area contributed by atoms with Crippen LogP contribution in [0.4, 0.5) is 0 Å². The molecule has 0 radical (unpaired) electrons. The first-order valence-corrected chi connectivity index (χ1v) is 6.81. The van der Waals surface area contributed by atoms with Crippen molar-refractivity contribution in [1.82, 2.24) is 5.43 Å². The number of hydrogen-bond donors (Lipinski definition) is 2. The average Bonchev–Trinajstić information content (AvgIpc) is 2.39. The average molecular weight is 250 g/mol. The Morgan fingerprint density at radius 3 is 2.06 bits per heavy atom.